The van der Waals surface area contributed by atoms with Gasteiger partial charge in [-0.25, -0.2) is 0 Å². The van der Waals surface area contributed by atoms with Gasteiger partial charge in [-0.05, 0) is 40.0 Å². The molecular weight excluding hydrogens is 228 g/mol. The lowest BCUT2D eigenvalue weighted by Crippen LogP contribution is -2.67. The molecule has 4 nitrogen and oxygen atoms in total. The maximum atomic E-state index is 11.6. The molecule has 2 aliphatic rings. The average molecular weight is 254 g/mol. The highest BCUT2D eigenvalue weighted by Crippen LogP contribution is 2.57. The summed E-state index contributed by atoms with van der Waals surface area (Å²) in [6.07, 6.45) is 5.28. The van der Waals surface area contributed by atoms with Crippen molar-refractivity contribution in [1.82, 2.24) is 10.6 Å². The minimum absolute atomic E-state index is 0.0966. The van der Waals surface area contributed by atoms with Crippen LogP contribution in [-0.2, 0) is 9.53 Å². The Kier molecular flexibility index (Phi) is 4.28. The van der Waals surface area contributed by atoms with Crippen LogP contribution < -0.4 is 10.6 Å². The van der Waals surface area contributed by atoms with Gasteiger partial charge in [0.25, 0.3) is 0 Å². The Labute approximate surface area is 110 Å². The molecule has 18 heavy (non-hydrogen) atoms. The molecule has 2 aliphatic carbocycles. The zero-order chi connectivity index (χ0) is 13.2. The first-order valence-electron chi connectivity index (χ1n) is 7.23. The van der Waals surface area contributed by atoms with Crippen LogP contribution >= 0.6 is 0 Å². The monoisotopic (exact) mass is 254 g/mol. The number of nitrogens with one attached hydrogen (secondary N) is 2. The summed E-state index contributed by atoms with van der Waals surface area (Å²) >= 11 is 0. The first kappa shape index (κ1) is 13.8. The lowest BCUT2D eigenvalue weighted by atomic mass is 9.51. The summed E-state index contributed by atoms with van der Waals surface area (Å²) < 4.78 is 5.80. The molecule has 0 bridgehead atoms. The molecule has 2 atom stereocenters. The number of hydrogen-bond acceptors (Lipinski definition) is 3. The minimum atomic E-state index is 0.0966. The van der Waals surface area contributed by atoms with E-state index in [1.165, 1.54) is 19.3 Å². The van der Waals surface area contributed by atoms with Gasteiger partial charge in [0.2, 0.25) is 5.91 Å². The zero-order valence-electron chi connectivity index (χ0n) is 11.8. The Hall–Kier alpha value is -0.610. The summed E-state index contributed by atoms with van der Waals surface area (Å²) in [6.45, 7) is 7.26. The van der Waals surface area contributed by atoms with Crippen molar-refractivity contribution in [3.8, 4) is 0 Å². The molecule has 1 amide bonds. The van der Waals surface area contributed by atoms with Gasteiger partial charge in [-0.15, -0.1) is 0 Å². The predicted octanol–water partition coefficient (Wildman–Crippen LogP) is 1.45. The summed E-state index contributed by atoms with van der Waals surface area (Å²) in [4.78, 5) is 11.6. The van der Waals surface area contributed by atoms with Crippen LogP contribution in [0, 0.1) is 5.41 Å². The van der Waals surface area contributed by atoms with Gasteiger partial charge in [0, 0.05) is 24.1 Å². The highest BCUT2D eigenvalue weighted by Gasteiger charge is 2.58. The molecule has 2 rings (SSSR count). The molecular formula is C14H26N2O2. The summed E-state index contributed by atoms with van der Waals surface area (Å²) in [5.41, 5.74) is 0.341. The maximum absolute atomic E-state index is 11.6. The van der Waals surface area contributed by atoms with Crippen molar-refractivity contribution in [2.45, 2.75) is 64.6 Å². The molecule has 2 saturated carbocycles. The third-order valence-corrected chi connectivity index (χ3v) is 4.40. The highest BCUT2D eigenvalue weighted by atomic mass is 16.5. The Morgan fingerprint density at radius 1 is 1.44 bits per heavy atom. The van der Waals surface area contributed by atoms with Crippen molar-refractivity contribution in [2.24, 2.45) is 5.41 Å². The van der Waals surface area contributed by atoms with Crippen LogP contribution in [0.4, 0.5) is 0 Å². The van der Waals surface area contributed by atoms with E-state index in [9.17, 15) is 4.79 Å². The molecule has 0 aromatic rings. The van der Waals surface area contributed by atoms with Crippen molar-refractivity contribution in [1.29, 1.82) is 0 Å². The zero-order valence-corrected chi connectivity index (χ0v) is 11.8. The van der Waals surface area contributed by atoms with E-state index < -0.39 is 0 Å². The summed E-state index contributed by atoms with van der Waals surface area (Å²) in [6, 6.07) is 0.690. The van der Waals surface area contributed by atoms with Gasteiger partial charge in [-0.1, -0.05) is 6.42 Å². The van der Waals surface area contributed by atoms with Crippen molar-refractivity contribution in [2.75, 3.05) is 13.2 Å². The fourth-order valence-electron chi connectivity index (χ4n) is 3.31. The van der Waals surface area contributed by atoms with Crippen molar-refractivity contribution in [3.05, 3.63) is 0 Å². The van der Waals surface area contributed by atoms with Gasteiger partial charge in [0.1, 0.15) is 0 Å². The van der Waals surface area contributed by atoms with Gasteiger partial charge in [-0.2, -0.15) is 0 Å². The van der Waals surface area contributed by atoms with E-state index in [0.717, 1.165) is 13.0 Å². The summed E-state index contributed by atoms with van der Waals surface area (Å²) in [5, 5.41) is 6.33. The van der Waals surface area contributed by atoms with Crippen LogP contribution in [0.2, 0.25) is 0 Å². The van der Waals surface area contributed by atoms with E-state index in [4.69, 9.17) is 4.74 Å². The highest BCUT2D eigenvalue weighted by molar-refractivity contribution is 5.78. The smallest absolute Gasteiger partial charge is 0.234 e. The molecule has 0 heterocycles. The van der Waals surface area contributed by atoms with Gasteiger partial charge in [0.15, 0.2) is 0 Å². The molecule has 0 aromatic heterocycles. The lowest BCUT2D eigenvalue weighted by Gasteiger charge is -2.61. The van der Waals surface area contributed by atoms with E-state index in [0.29, 0.717) is 24.1 Å². The normalized spacial score (nSPS) is 28.9. The molecule has 0 radical (unpaired) electrons. The van der Waals surface area contributed by atoms with Gasteiger partial charge in [0.05, 0.1) is 12.6 Å². The summed E-state index contributed by atoms with van der Waals surface area (Å²) in [5.74, 6) is 0.0966. The van der Waals surface area contributed by atoms with Crippen LogP contribution in [0.1, 0.15) is 46.5 Å². The number of rotatable bonds is 6. The molecule has 2 fully saturated rings. The van der Waals surface area contributed by atoms with E-state index in [2.05, 4.69) is 17.6 Å². The van der Waals surface area contributed by atoms with Crippen molar-refractivity contribution in [3.63, 3.8) is 0 Å². The van der Waals surface area contributed by atoms with Crippen LogP contribution in [0.15, 0.2) is 0 Å². The second-order valence-corrected chi connectivity index (χ2v) is 5.92. The fourth-order valence-corrected chi connectivity index (χ4v) is 3.31. The number of carbonyl (C=O) groups is 1. The Morgan fingerprint density at radius 3 is 2.67 bits per heavy atom. The first-order chi connectivity index (χ1) is 8.58. The van der Waals surface area contributed by atoms with Crippen LogP contribution in [-0.4, -0.2) is 37.2 Å². The van der Waals surface area contributed by atoms with E-state index in [-0.39, 0.29) is 11.9 Å². The third-order valence-electron chi connectivity index (χ3n) is 4.40. The fraction of sp³-hybridized carbons (Fsp3) is 0.929. The lowest BCUT2D eigenvalue weighted by molar-refractivity contribution is -0.173. The maximum Gasteiger partial charge on any atom is 0.234 e. The molecule has 104 valence electrons. The molecule has 1 spiro atoms. The predicted molar refractivity (Wildman–Crippen MR) is 71.4 cm³/mol. The van der Waals surface area contributed by atoms with Crippen molar-refractivity contribution >= 4 is 5.91 Å². The molecule has 2 N–H and O–H groups in total. The average Bonchev–Trinajstić information content (AvgIpc) is 2.18. The first-order valence-corrected chi connectivity index (χ1v) is 7.23. The second kappa shape index (κ2) is 5.57. The molecule has 0 saturated heterocycles. The minimum Gasteiger partial charge on any atom is -0.378 e. The number of hydrogen-bond donors (Lipinski definition) is 2. The van der Waals surface area contributed by atoms with Crippen LogP contribution in [0.5, 0.6) is 0 Å². The van der Waals surface area contributed by atoms with Gasteiger partial charge in [-0.3, -0.25) is 4.79 Å². The van der Waals surface area contributed by atoms with Crippen LogP contribution in [0.25, 0.3) is 0 Å². The molecule has 2 unspecified atom stereocenters. The second-order valence-electron chi connectivity index (χ2n) is 5.92. The SMILES string of the molecule is CCOC1CC(NCC(=O)NC(C)C)C12CCC2. The quantitative estimate of drug-likeness (QED) is 0.754. The van der Waals surface area contributed by atoms with E-state index >= 15 is 0 Å². The Morgan fingerprint density at radius 2 is 2.17 bits per heavy atom. The molecule has 0 aromatic carbocycles. The number of amides is 1. The topological polar surface area (TPSA) is 50.4 Å². The third kappa shape index (κ3) is 2.54. The van der Waals surface area contributed by atoms with Crippen molar-refractivity contribution < 1.29 is 9.53 Å². The van der Waals surface area contributed by atoms with E-state index in [1.807, 2.05) is 13.8 Å². The standard InChI is InChI=1S/C14H26N2O2/c1-4-18-12-8-11(14(12)6-5-7-14)15-9-13(17)16-10(2)3/h10-12,15H,4-9H2,1-3H3,(H,16,17). The number of carbonyl (C=O) groups excluding carboxylic acids is 1. The largest absolute Gasteiger partial charge is 0.378 e. The molecule has 0 aliphatic heterocycles. The van der Waals surface area contributed by atoms with E-state index in [1.54, 1.807) is 0 Å². The number of ether oxygens (including phenoxy) is 1. The molecule has 4 heteroatoms. The van der Waals surface area contributed by atoms with Gasteiger partial charge < -0.3 is 15.4 Å². The van der Waals surface area contributed by atoms with Crippen LogP contribution in [0.3, 0.4) is 0 Å². The Balaban J connectivity index is 1.76. The van der Waals surface area contributed by atoms with Gasteiger partial charge >= 0.3 is 0 Å². The summed E-state index contributed by atoms with van der Waals surface area (Å²) in [7, 11) is 0. The Bertz CT molecular complexity index is 300.